The molecule has 3 rings (SSSR count). The third-order valence-corrected chi connectivity index (χ3v) is 4.84. The van der Waals surface area contributed by atoms with Crippen LogP contribution in [0.2, 0.25) is 0 Å². The number of morpholine rings is 1. The van der Waals surface area contributed by atoms with Crippen LogP contribution in [0.1, 0.15) is 30.4 Å². The van der Waals surface area contributed by atoms with E-state index in [1.807, 2.05) is 19.1 Å². The van der Waals surface area contributed by atoms with E-state index in [2.05, 4.69) is 15.5 Å². The molecule has 1 aliphatic heterocycles. The average Bonchev–Trinajstić information content (AvgIpc) is 3.29. The highest BCUT2D eigenvalue weighted by atomic mass is 19.1. The smallest absolute Gasteiger partial charge is 0.191 e. The lowest BCUT2D eigenvalue weighted by molar-refractivity contribution is 0.0179. The number of aliphatic hydroxyl groups excluding tert-OH is 1. The Balaban J connectivity index is 1.69. The summed E-state index contributed by atoms with van der Waals surface area (Å²) >= 11 is 0. The van der Waals surface area contributed by atoms with Crippen LogP contribution in [0.5, 0.6) is 0 Å². The first kappa shape index (κ1) is 21.3. The van der Waals surface area contributed by atoms with Crippen LogP contribution in [0.15, 0.2) is 52.1 Å². The zero-order chi connectivity index (χ0) is 20.5. The van der Waals surface area contributed by atoms with E-state index in [0.717, 1.165) is 18.7 Å². The molecule has 158 valence electrons. The number of nitrogens with zero attached hydrogens (tertiary/aromatic N) is 2. The van der Waals surface area contributed by atoms with Gasteiger partial charge in [-0.3, -0.25) is 9.89 Å². The van der Waals surface area contributed by atoms with Gasteiger partial charge in [0.25, 0.3) is 0 Å². The van der Waals surface area contributed by atoms with Crippen LogP contribution in [0.25, 0.3) is 0 Å². The molecule has 0 aliphatic carbocycles. The molecule has 1 aliphatic rings. The SMILES string of the molecule is CCNC(=NCC(c1ccc(F)cc1)N1CCOCC1)NCC(O)c1ccco1. The van der Waals surface area contributed by atoms with E-state index < -0.39 is 6.10 Å². The Kier molecular flexibility index (Phi) is 8.03. The topological polar surface area (TPSA) is 82.3 Å². The highest BCUT2D eigenvalue weighted by molar-refractivity contribution is 5.79. The predicted octanol–water partition coefficient (Wildman–Crippen LogP) is 2.08. The van der Waals surface area contributed by atoms with Gasteiger partial charge in [-0.15, -0.1) is 0 Å². The van der Waals surface area contributed by atoms with Gasteiger partial charge in [0, 0.05) is 19.6 Å². The van der Waals surface area contributed by atoms with Crippen molar-refractivity contribution in [1.82, 2.24) is 15.5 Å². The molecular formula is C21H29FN4O3. The molecule has 0 bridgehead atoms. The van der Waals surface area contributed by atoms with E-state index in [0.29, 0.717) is 38.0 Å². The largest absolute Gasteiger partial charge is 0.467 e. The lowest BCUT2D eigenvalue weighted by Crippen LogP contribution is -2.42. The van der Waals surface area contributed by atoms with Crippen molar-refractivity contribution in [2.75, 3.05) is 45.9 Å². The minimum atomic E-state index is -0.763. The van der Waals surface area contributed by atoms with Crippen LogP contribution in [0.3, 0.4) is 0 Å². The second kappa shape index (κ2) is 10.9. The van der Waals surface area contributed by atoms with Crippen molar-refractivity contribution in [2.24, 2.45) is 4.99 Å². The van der Waals surface area contributed by atoms with Crippen LogP contribution in [0.4, 0.5) is 4.39 Å². The van der Waals surface area contributed by atoms with Crippen molar-refractivity contribution in [2.45, 2.75) is 19.1 Å². The third-order valence-electron chi connectivity index (χ3n) is 4.84. The number of furan rings is 1. The highest BCUT2D eigenvalue weighted by Gasteiger charge is 2.23. The summed E-state index contributed by atoms with van der Waals surface area (Å²) in [5.41, 5.74) is 1.02. The summed E-state index contributed by atoms with van der Waals surface area (Å²) in [4.78, 5) is 7.02. The van der Waals surface area contributed by atoms with Crippen LogP contribution >= 0.6 is 0 Å². The number of ether oxygens (including phenoxy) is 1. The third kappa shape index (κ3) is 6.28. The lowest BCUT2D eigenvalue weighted by atomic mass is 10.0. The van der Waals surface area contributed by atoms with Crippen molar-refractivity contribution in [1.29, 1.82) is 0 Å². The summed E-state index contributed by atoms with van der Waals surface area (Å²) < 4.78 is 24.1. The lowest BCUT2D eigenvalue weighted by Gasteiger charge is -2.34. The average molecular weight is 404 g/mol. The van der Waals surface area contributed by atoms with Crippen LogP contribution in [-0.2, 0) is 4.74 Å². The monoisotopic (exact) mass is 404 g/mol. The second-order valence-electron chi connectivity index (χ2n) is 6.85. The van der Waals surface area contributed by atoms with Gasteiger partial charge in [0.1, 0.15) is 17.7 Å². The number of aliphatic hydroxyl groups is 1. The fourth-order valence-electron chi connectivity index (χ4n) is 3.30. The molecule has 1 saturated heterocycles. The van der Waals surface area contributed by atoms with Crippen LogP contribution in [0, 0.1) is 5.82 Å². The summed E-state index contributed by atoms with van der Waals surface area (Å²) in [6, 6.07) is 10.1. The molecule has 0 saturated carbocycles. The molecule has 1 aromatic carbocycles. The van der Waals surface area contributed by atoms with Gasteiger partial charge in [-0.2, -0.15) is 0 Å². The molecule has 0 radical (unpaired) electrons. The maximum absolute atomic E-state index is 13.4. The van der Waals surface area contributed by atoms with E-state index in [-0.39, 0.29) is 18.4 Å². The number of rotatable bonds is 8. The van der Waals surface area contributed by atoms with Crippen molar-refractivity contribution < 1.29 is 18.7 Å². The van der Waals surface area contributed by atoms with Gasteiger partial charge in [-0.1, -0.05) is 12.1 Å². The first-order valence-electron chi connectivity index (χ1n) is 9.98. The van der Waals surface area contributed by atoms with E-state index in [9.17, 15) is 9.50 Å². The number of aliphatic imine (C=N–C) groups is 1. The zero-order valence-electron chi connectivity index (χ0n) is 16.7. The number of halogens is 1. The van der Waals surface area contributed by atoms with E-state index in [1.54, 1.807) is 12.1 Å². The molecule has 2 heterocycles. The quantitative estimate of drug-likeness (QED) is 0.462. The van der Waals surface area contributed by atoms with Gasteiger partial charge in [0.2, 0.25) is 0 Å². The van der Waals surface area contributed by atoms with Gasteiger partial charge >= 0.3 is 0 Å². The van der Waals surface area contributed by atoms with E-state index in [1.165, 1.54) is 18.4 Å². The minimum absolute atomic E-state index is 0.0185. The summed E-state index contributed by atoms with van der Waals surface area (Å²) in [6.45, 7) is 6.42. The van der Waals surface area contributed by atoms with E-state index >= 15 is 0 Å². The van der Waals surface area contributed by atoms with Crippen LogP contribution in [-0.4, -0.2) is 61.9 Å². The summed E-state index contributed by atoms with van der Waals surface area (Å²) in [5, 5.41) is 16.6. The van der Waals surface area contributed by atoms with Crippen molar-refractivity contribution >= 4 is 5.96 Å². The van der Waals surface area contributed by atoms with Crippen molar-refractivity contribution in [3.8, 4) is 0 Å². The highest BCUT2D eigenvalue weighted by Crippen LogP contribution is 2.22. The summed E-state index contributed by atoms with van der Waals surface area (Å²) in [6.07, 6.45) is 0.772. The molecule has 3 N–H and O–H groups in total. The van der Waals surface area contributed by atoms with Gasteiger partial charge in [0.15, 0.2) is 5.96 Å². The molecule has 2 aromatic rings. The minimum Gasteiger partial charge on any atom is -0.467 e. The molecule has 7 nitrogen and oxygen atoms in total. The maximum atomic E-state index is 13.4. The molecule has 0 amide bonds. The number of benzene rings is 1. The molecule has 1 fully saturated rings. The first-order chi connectivity index (χ1) is 14.2. The van der Waals surface area contributed by atoms with Gasteiger partial charge in [-0.25, -0.2) is 4.39 Å². The number of nitrogens with one attached hydrogen (secondary N) is 2. The van der Waals surface area contributed by atoms with Gasteiger partial charge in [-0.05, 0) is 36.8 Å². The molecule has 29 heavy (non-hydrogen) atoms. The summed E-state index contributed by atoms with van der Waals surface area (Å²) in [5.74, 6) is 0.865. The number of guanidine groups is 1. The Morgan fingerprint density at radius 1 is 1.21 bits per heavy atom. The first-order valence-corrected chi connectivity index (χ1v) is 9.98. The fourth-order valence-corrected chi connectivity index (χ4v) is 3.30. The fraction of sp³-hybridized carbons (Fsp3) is 0.476. The van der Waals surface area contributed by atoms with Crippen LogP contribution < -0.4 is 10.6 Å². The normalized spacial score (nSPS) is 17.7. The Morgan fingerprint density at radius 3 is 2.62 bits per heavy atom. The molecule has 2 unspecified atom stereocenters. The molecule has 0 spiro atoms. The molecule has 8 heteroatoms. The Bertz CT molecular complexity index is 746. The predicted molar refractivity (Wildman–Crippen MR) is 109 cm³/mol. The second-order valence-corrected chi connectivity index (χ2v) is 6.85. The molecule has 1 aromatic heterocycles. The molecule has 2 atom stereocenters. The van der Waals surface area contributed by atoms with Gasteiger partial charge < -0.3 is 24.9 Å². The van der Waals surface area contributed by atoms with Gasteiger partial charge in [0.05, 0.1) is 38.6 Å². The van der Waals surface area contributed by atoms with Crippen molar-refractivity contribution in [3.05, 3.63) is 59.8 Å². The van der Waals surface area contributed by atoms with Crippen molar-refractivity contribution in [3.63, 3.8) is 0 Å². The zero-order valence-corrected chi connectivity index (χ0v) is 16.7. The number of hydrogen-bond donors (Lipinski definition) is 3. The Labute approximate surface area is 170 Å². The molecular weight excluding hydrogens is 375 g/mol. The van der Waals surface area contributed by atoms with E-state index in [4.69, 9.17) is 14.1 Å². The standard InChI is InChI=1S/C21H29FN4O3/c1-2-23-21(25-15-19(27)20-4-3-11-29-20)24-14-18(26-9-12-28-13-10-26)16-5-7-17(22)8-6-16/h3-8,11,18-19,27H,2,9-10,12-15H2,1H3,(H2,23,24,25). The Morgan fingerprint density at radius 2 is 1.97 bits per heavy atom. The summed E-state index contributed by atoms with van der Waals surface area (Å²) in [7, 11) is 0. The maximum Gasteiger partial charge on any atom is 0.191 e. The number of hydrogen-bond acceptors (Lipinski definition) is 5. The Hall–Kier alpha value is -2.42.